The van der Waals surface area contributed by atoms with E-state index in [9.17, 15) is 13.2 Å². The number of hydrogen-bond donors (Lipinski definition) is 0. The fraction of sp³-hybridized carbons (Fsp3) is 0.421. The van der Waals surface area contributed by atoms with Crippen LogP contribution in [-0.2, 0) is 14.9 Å². The van der Waals surface area contributed by atoms with Crippen LogP contribution in [0, 0.1) is 5.92 Å². The van der Waals surface area contributed by atoms with Gasteiger partial charge in [0, 0.05) is 5.56 Å². The highest BCUT2D eigenvalue weighted by Crippen LogP contribution is 2.48. The van der Waals surface area contributed by atoms with Crippen LogP contribution in [0.15, 0.2) is 53.6 Å². The van der Waals surface area contributed by atoms with Crippen LogP contribution in [0.3, 0.4) is 0 Å². The molecule has 2 heterocycles. The molecule has 1 aromatic rings. The quantitative estimate of drug-likeness (QED) is 0.250. The Hall–Kier alpha value is -1.97. The van der Waals surface area contributed by atoms with Gasteiger partial charge in [-0.05, 0) is 36.5 Å². The summed E-state index contributed by atoms with van der Waals surface area (Å²) < 4.78 is 67.3. The van der Waals surface area contributed by atoms with Crippen LogP contribution in [-0.4, -0.2) is 55.1 Å². The summed E-state index contributed by atoms with van der Waals surface area (Å²) in [6.07, 6.45) is 7.51. The van der Waals surface area contributed by atoms with Crippen molar-refractivity contribution in [2.45, 2.75) is 30.6 Å². The van der Waals surface area contributed by atoms with Crippen LogP contribution < -0.4 is 0 Å². The molecule has 4 rings (SSSR count). The third kappa shape index (κ3) is 4.21. The zero-order valence-corrected chi connectivity index (χ0v) is 16.1. The van der Waals surface area contributed by atoms with Crippen molar-refractivity contribution in [3.8, 4) is 0 Å². The van der Waals surface area contributed by atoms with E-state index < -0.39 is 15.6 Å². The Morgan fingerprint density at radius 3 is 2.11 bits per heavy atom. The highest BCUT2D eigenvalue weighted by molar-refractivity contribution is 7.86. The van der Waals surface area contributed by atoms with Crippen molar-refractivity contribution in [1.82, 2.24) is 0 Å². The molecule has 1 aliphatic carbocycles. The van der Waals surface area contributed by atoms with Gasteiger partial charge in [0.05, 0.1) is 11.7 Å². The van der Waals surface area contributed by atoms with E-state index in [1.54, 1.807) is 5.57 Å². The summed E-state index contributed by atoms with van der Waals surface area (Å²) in [7, 11) is -1.82. The Balaban J connectivity index is 0.000000242. The van der Waals surface area contributed by atoms with Crippen LogP contribution >= 0.6 is 0 Å². The molecular formula is C19H20F3NO4S. The normalized spacial score (nSPS) is 23.5. The van der Waals surface area contributed by atoms with Crippen molar-refractivity contribution >= 4 is 15.8 Å². The van der Waals surface area contributed by atoms with Gasteiger partial charge in [0.1, 0.15) is 20.2 Å². The molecule has 2 bridgehead atoms. The van der Waals surface area contributed by atoms with Gasteiger partial charge in [0.2, 0.25) is 5.71 Å². The molecule has 0 aromatic heterocycles. The molecule has 1 fully saturated rings. The Morgan fingerprint density at radius 1 is 1.11 bits per heavy atom. The van der Waals surface area contributed by atoms with Crippen molar-refractivity contribution in [2.75, 3.05) is 14.1 Å². The first kappa shape index (κ1) is 20.8. The molecule has 0 radical (unpaired) electrons. The predicted octanol–water partition coefficient (Wildman–Crippen LogP) is 2.84. The van der Waals surface area contributed by atoms with E-state index in [-0.39, 0.29) is 12.2 Å². The van der Waals surface area contributed by atoms with Gasteiger partial charge in [-0.3, -0.25) is 0 Å². The predicted molar refractivity (Wildman–Crippen MR) is 96.0 cm³/mol. The fourth-order valence-electron chi connectivity index (χ4n) is 3.48. The summed E-state index contributed by atoms with van der Waals surface area (Å²) in [5.74, 6) is 0.753. The number of hydrogen-bond acceptors (Lipinski definition) is 4. The molecule has 3 aliphatic rings. The number of nitrogens with zero attached hydrogens (tertiary/aromatic N) is 1. The molecule has 5 nitrogen and oxygen atoms in total. The Kier molecular flexibility index (Phi) is 5.53. The van der Waals surface area contributed by atoms with Crippen LogP contribution in [0.5, 0.6) is 0 Å². The smallest absolute Gasteiger partial charge is 0.485 e. The fourth-order valence-corrected chi connectivity index (χ4v) is 3.48. The zero-order valence-electron chi connectivity index (χ0n) is 15.3. The first-order valence-electron chi connectivity index (χ1n) is 8.70. The van der Waals surface area contributed by atoms with Gasteiger partial charge in [-0.1, -0.05) is 30.4 Å². The van der Waals surface area contributed by atoms with Gasteiger partial charge >= 0.3 is 5.51 Å². The van der Waals surface area contributed by atoms with E-state index in [0.717, 1.165) is 5.92 Å². The molecule has 2 atom stereocenters. The number of fused-ring (bicyclic) bond motifs is 2. The molecule has 1 aromatic carbocycles. The van der Waals surface area contributed by atoms with Crippen molar-refractivity contribution in [1.29, 1.82) is 0 Å². The lowest BCUT2D eigenvalue weighted by Gasteiger charge is -2.14. The maximum atomic E-state index is 10.7. The summed E-state index contributed by atoms with van der Waals surface area (Å²) in [4.78, 5) is 0. The largest absolute Gasteiger partial charge is 0.741 e. The molecule has 0 unspecified atom stereocenters. The highest BCUT2D eigenvalue weighted by atomic mass is 32.2. The SMILES string of the molecule is C[N+](C)=C(C1=C(C2CC2)[C@H]2C=C[C@@H]1O2)c1ccccc1.O=S(=O)([O-])C(F)(F)F. The minimum absolute atomic E-state index is 0.160. The minimum atomic E-state index is -6.09. The molecule has 28 heavy (non-hydrogen) atoms. The van der Waals surface area contributed by atoms with Gasteiger partial charge < -0.3 is 9.29 Å². The second-order valence-corrected chi connectivity index (χ2v) is 8.39. The summed E-state index contributed by atoms with van der Waals surface area (Å²) in [6, 6.07) is 10.7. The second-order valence-electron chi connectivity index (χ2n) is 7.01. The Bertz CT molecular complexity index is 941. The van der Waals surface area contributed by atoms with Crippen molar-refractivity contribution < 1.29 is 35.5 Å². The maximum absolute atomic E-state index is 10.7. The average molecular weight is 415 g/mol. The standard InChI is InChI=1S/C18H20NO.CHF3O3S/c1-19(2)18(13-6-4-3-5-7-13)17-15-11-10-14(20-15)16(17)12-8-9-12;2-1(3,4)8(5,6)7/h3-7,10-12,14-15H,8-9H2,1-2H3;(H,5,6,7)/q+1;/p-1/t14-,15+;/m1./s1. The van der Waals surface area contributed by atoms with E-state index >= 15 is 0 Å². The third-order valence-corrected chi connectivity index (χ3v) is 5.27. The van der Waals surface area contributed by atoms with Crippen molar-refractivity contribution in [3.63, 3.8) is 0 Å². The molecule has 0 amide bonds. The lowest BCUT2D eigenvalue weighted by molar-refractivity contribution is -0.463. The summed E-state index contributed by atoms with van der Waals surface area (Å²) in [6.45, 7) is 0. The Morgan fingerprint density at radius 2 is 1.64 bits per heavy atom. The summed E-state index contributed by atoms with van der Waals surface area (Å²) >= 11 is 0. The first-order chi connectivity index (χ1) is 13.0. The topological polar surface area (TPSA) is 69.4 Å². The summed E-state index contributed by atoms with van der Waals surface area (Å²) in [5.41, 5.74) is -0.0618. The number of ether oxygens (including phenoxy) is 1. The van der Waals surface area contributed by atoms with Crippen molar-refractivity contribution in [3.05, 3.63) is 59.2 Å². The van der Waals surface area contributed by atoms with E-state index in [4.69, 9.17) is 17.7 Å². The van der Waals surface area contributed by atoms with Crippen LogP contribution in [0.25, 0.3) is 0 Å². The molecule has 9 heteroatoms. The minimum Gasteiger partial charge on any atom is -0.741 e. The van der Waals surface area contributed by atoms with Gasteiger partial charge in [-0.25, -0.2) is 13.0 Å². The molecule has 0 spiro atoms. The van der Waals surface area contributed by atoms with Gasteiger partial charge in [-0.2, -0.15) is 13.2 Å². The second kappa shape index (κ2) is 7.46. The maximum Gasteiger partial charge on any atom is 0.485 e. The zero-order chi connectivity index (χ0) is 20.7. The van der Waals surface area contributed by atoms with Crippen LogP contribution in [0.4, 0.5) is 13.2 Å². The first-order valence-corrected chi connectivity index (χ1v) is 10.1. The monoisotopic (exact) mass is 415 g/mol. The molecular weight excluding hydrogens is 395 g/mol. The lowest BCUT2D eigenvalue weighted by atomic mass is 9.87. The van der Waals surface area contributed by atoms with E-state index in [0.29, 0.717) is 0 Å². The molecule has 0 saturated heterocycles. The molecule has 0 N–H and O–H groups in total. The number of rotatable bonds is 3. The van der Waals surface area contributed by atoms with Crippen LogP contribution in [0.1, 0.15) is 18.4 Å². The van der Waals surface area contributed by atoms with Crippen molar-refractivity contribution in [2.24, 2.45) is 5.92 Å². The van der Waals surface area contributed by atoms with Gasteiger partial charge in [-0.15, -0.1) is 0 Å². The van der Waals surface area contributed by atoms with E-state index in [2.05, 4.69) is 61.2 Å². The molecule has 152 valence electrons. The molecule has 1 saturated carbocycles. The van der Waals surface area contributed by atoms with E-state index in [1.165, 1.54) is 29.7 Å². The van der Waals surface area contributed by atoms with Crippen LogP contribution in [0.2, 0.25) is 0 Å². The average Bonchev–Trinajstić information content (AvgIpc) is 3.22. The highest BCUT2D eigenvalue weighted by Gasteiger charge is 2.46. The lowest BCUT2D eigenvalue weighted by Crippen LogP contribution is -2.24. The number of benzene rings is 1. The number of alkyl halides is 3. The Labute approximate surface area is 161 Å². The van der Waals surface area contributed by atoms with E-state index in [1.807, 2.05) is 0 Å². The van der Waals surface area contributed by atoms with Gasteiger partial charge in [0.15, 0.2) is 10.1 Å². The number of halogens is 3. The van der Waals surface area contributed by atoms with Gasteiger partial charge in [0.25, 0.3) is 0 Å². The molecule has 2 aliphatic heterocycles. The third-order valence-electron chi connectivity index (χ3n) is 4.71. The summed E-state index contributed by atoms with van der Waals surface area (Å²) in [5, 5.41) is 0.